The van der Waals surface area contributed by atoms with Gasteiger partial charge in [-0.25, -0.2) is 0 Å². The largest absolute Gasteiger partial charge is 0.497 e. The number of amides is 2. The zero-order chi connectivity index (χ0) is 22.0. The summed E-state index contributed by atoms with van der Waals surface area (Å²) in [6, 6.07) is 12.5. The minimum atomic E-state index is -0.309. The van der Waals surface area contributed by atoms with Gasteiger partial charge in [0.1, 0.15) is 11.5 Å². The normalized spacial score (nSPS) is 20.7. The molecular weight excluding hydrogens is 416 g/mol. The van der Waals surface area contributed by atoms with E-state index in [9.17, 15) is 9.59 Å². The number of benzene rings is 2. The molecule has 164 valence electrons. The Morgan fingerprint density at radius 2 is 1.65 bits per heavy atom. The Morgan fingerprint density at radius 1 is 0.935 bits per heavy atom. The predicted molar refractivity (Wildman–Crippen MR) is 119 cm³/mol. The summed E-state index contributed by atoms with van der Waals surface area (Å²) in [7, 11) is 3.22. The van der Waals surface area contributed by atoms with Crippen LogP contribution in [0.2, 0.25) is 5.02 Å². The van der Waals surface area contributed by atoms with Crippen LogP contribution in [-0.4, -0.2) is 62.0 Å². The Bertz CT molecular complexity index is 957. The molecule has 2 atom stereocenters. The minimum Gasteiger partial charge on any atom is -0.497 e. The smallest absolute Gasteiger partial charge is 0.253 e. The third-order valence-corrected chi connectivity index (χ3v) is 6.53. The van der Waals surface area contributed by atoms with E-state index in [4.69, 9.17) is 21.1 Å². The van der Waals surface area contributed by atoms with E-state index in [0.717, 1.165) is 31.5 Å². The number of hydrogen-bond acceptors (Lipinski definition) is 4. The second-order valence-corrected chi connectivity index (χ2v) is 8.51. The summed E-state index contributed by atoms with van der Waals surface area (Å²) in [6.45, 7) is 2.41. The predicted octanol–water partition coefficient (Wildman–Crippen LogP) is 3.84. The first-order valence-corrected chi connectivity index (χ1v) is 10.9. The fourth-order valence-corrected chi connectivity index (χ4v) is 4.73. The molecule has 0 spiro atoms. The van der Waals surface area contributed by atoms with E-state index >= 15 is 0 Å². The van der Waals surface area contributed by atoms with Crippen LogP contribution in [0.25, 0.3) is 0 Å². The van der Waals surface area contributed by atoms with Gasteiger partial charge in [-0.3, -0.25) is 9.59 Å². The molecule has 0 saturated carbocycles. The van der Waals surface area contributed by atoms with Gasteiger partial charge in [-0.2, -0.15) is 0 Å². The van der Waals surface area contributed by atoms with Crippen molar-refractivity contribution in [3.63, 3.8) is 0 Å². The Balaban J connectivity index is 1.66. The van der Waals surface area contributed by atoms with Crippen molar-refractivity contribution in [2.45, 2.75) is 18.8 Å². The molecular formula is C24H27ClN2O4. The average molecular weight is 443 g/mol. The molecule has 4 rings (SSSR count). The Kier molecular flexibility index (Phi) is 6.37. The molecule has 2 aliphatic heterocycles. The lowest BCUT2D eigenvalue weighted by Crippen LogP contribution is -2.37. The number of halogens is 1. The highest BCUT2D eigenvalue weighted by molar-refractivity contribution is 6.30. The summed E-state index contributed by atoms with van der Waals surface area (Å²) in [5.74, 6) is 0.930. The monoisotopic (exact) mass is 442 g/mol. The van der Waals surface area contributed by atoms with Gasteiger partial charge in [0, 0.05) is 54.3 Å². The highest BCUT2D eigenvalue weighted by Crippen LogP contribution is 2.40. The standard InChI is InChI=1S/C24H27ClN2O4/c1-30-18-9-10-19(22(13-18)31-2)20-14-27(23(28)16-5-7-17(25)8-6-16)15-21(20)24(29)26-11-3-4-12-26/h5-10,13,20-21H,3-4,11-12,14-15H2,1-2H3/t20-,21+/m0/s1. The number of nitrogens with zero attached hydrogens (tertiary/aromatic N) is 2. The average Bonchev–Trinajstić information content (AvgIpc) is 3.49. The van der Waals surface area contributed by atoms with Crippen molar-refractivity contribution in [1.82, 2.24) is 9.80 Å². The van der Waals surface area contributed by atoms with Crippen molar-refractivity contribution in [3.05, 3.63) is 58.6 Å². The van der Waals surface area contributed by atoms with Crippen LogP contribution in [0.1, 0.15) is 34.7 Å². The number of methoxy groups -OCH3 is 2. The lowest BCUT2D eigenvalue weighted by atomic mass is 9.87. The van der Waals surface area contributed by atoms with Crippen molar-refractivity contribution >= 4 is 23.4 Å². The lowest BCUT2D eigenvalue weighted by Gasteiger charge is -2.25. The van der Waals surface area contributed by atoms with Gasteiger partial charge < -0.3 is 19.3 Å². The molecule has 2 heterocycles. The maximum absolute atomic E-state index is 13.4. The molecule has 31 heavy (non-hydrogen) atoms. The van der Waals surface area contributed by atoms with Gasteiger partial charge in [-0.05, 0) is 43.2 Å². The van der Waals surface area contributed by atoms with Crippen LogP contribution in [0, 0.1) is 5.92 Å². The highest BCUT2D eigenvalue weighted by atomic mass is 35.5. The first kappa shape index (κ1) is 21.5. The second-order valence-electron chi connectivity index (χ2n) is 8.07. The maximum atomic E-state index is 13.4. The summed E-state index contributed by atoms with van der Waals surface area (Å²) >= 11 is 5.98. The van der Waals surface area contributed by atoms with E-state index in [2.05, 4.69) is 0 Å². The van der Waals surface area contributed by atoms with Gasteiger partial charge in [0.2, 0.25) is 5.91 Å². The molecule has 2 aromatic rings. The molecule has 2 amide bonds. The summed E-state index contributed by atoms with van der Waals surface area (Å²) in [6.07, 6.45) is 2.06. The quantitative estimate of drug-likeness (QED) is 0.706. The van der Waals surface area contributed by atoms with E-state index in [0.29, 0.717) is 35.2 Å². The third kappa shape index (κ3) is 4.35. The molecule has 2 saturated heterocycles. The first-order valence-electron chi connectivity index (χ1n) is 10.6. The Labute approximate surface area is 187 Å². The Morgan fingerprint density at radius 3 is 2.29 bits per heavy atom. The van der Waals surface area contributed by atoms with E-state index in [1.165, 1.54) is 0 Å². The second kappa shape index (κ2) is 9.18. The number of likely N-dealkylation sites (tertiary alicyclic amines) is 2. The third-order valence-electron chi connectivity index (χ3n) is 6.27. The van der Waals surface area contributed by atoms with Crippen molar-refractivity contribution in [1.29, 1.82) is 0 Å². The molecule has 0 unspecified atom stereocenters. The fourth-order valence-electron chi connectivity index (χ4n) is 4.61. The Hall–Kier alpha value is -2.73. The molecule has 2 aromatic carbocycles. The fraction of sp³-hybridized carbons (Fsp3) is 0.417. The van der Waals surface area contributed by atoms with Crippen molar-refractivity contribution in [3.8, 4) is 11.5 Å². The van der Waals surface area contributed by atoms with Crippen LogP contribution in [-0.2, 0) is 4.79 Å². The van der Waals surface area contributed by atoms with Gasteiger partial charge in [-0.1, -0.05) is 17.7 Å². The van der Waals surface area contributed by atoms with Gasteiger partial charge in [0.05, 0.1) is 20.1 Å². The first-order chi connectivity index (χ1) is 15.0. The van der Waals surface area contributed by atoms with Crippen LogP contribution in [0.15, 0.2) is 42.5 Å². The molecule has 0 radical (unpaired) electrons. The molecule has 0 aliphatic carbocycles. The molecule has 2 fully saturated rings. The van der Waals surface area contributed by atoms with Crippen LogP contribution in [0.4, 0.5) is 0 Å². The topological polar surface area (TPSA) is 59.1 Å². The lowest BCUT2D eigenvalue weighted by molar-refractivity contribution is -0.134. The number of hydrogen-bond donors (Lipinski definition) is 0. The molecule has 0 bridgehead atoms. The van der Waals surface area contributed by atoms with E-state index in [-0.39, 0.29) is 23.7 Å². The van der Waals surface area contributed by atoms with Crippen LogP contribution >= 0.6 is 11.6 Å². The molecule has 0 N–H and O–H groups in total. The van der Waals surface area contributed by atoms with Crippen LogP contribution in [0.5, 0.6) is 11.5 Å². The SMILES string of the molecule is COc1ccc([C@@H]2CN(C(=O)c3ccc(Cl)cc3)C[C@H]2C(=O)N2CCCC2)c(OC)c1. The number of rotatable bonds is 5. The maximum Gasteiger partial charge on any atom is 0.253 e. The number of ether oxygens (including phenoxy) is 2. The molecule has 2 aliphatic rings. The highest BCUT2D eigenvalue weighted by Gasteiger charge is 2.43. The van der Waals surface area contributed by atoms with Gasteiger partial charge in [0.25, 0.3) is 5.91 Å². The molecule has 0 aromatic heterocycles. The van der Waals surface area contributed by atoms with Crippen molar-refractivity contribution in [2.24, 2.45) is 5.92 Å². The number of carbonyl (C=O) groups is 2. The molecule has 7 heteroatoms. The summed E-state index contributed by atoms with van der Waals surface area (Å²) < 4.78 is 11.0. The zero-order valence-corrected chi connectivity index (χ0v) is 18.6. The van der Waals surface area contributed by atoms with E-state index in [1.807, 2.05) is 23.1 Å². The molecule has 6 nitrogen and oxygen atoms in total. The van der Waals surface area contributed by atoms with Crippen molar-refractivity contribution in [2.75, 3.05) is 40.4 Å². The van der Waals surface area contributed by atoms with Gasteiger partial charge >= 0.3 is 0 Å². The minimum absolute atomic E-state index is 0.0918. The summed E-state index contributed by atoms with van der Waals surface area (Å²) in [5.41, 5.74) is 1.49. The zero-order valence-electron chi connectivity index (χ0n) is 17.8. The van der Waals surface area contributed by atoms with E-state index < -0.39 is 0 Å². The van der Waals surface area contributed by atoms with Gasteiger partial charge in [-0.15, -0.1) is 0 Å². The van der Waals surface area contributed by atoms with Crippen molar-refractivity contribution < 1.29 is 19.1 Å². The summed E-state index contributed by atoms with van der Waals surface area (Å²) in [4.78, 5) is 30.3. The number of carbonyl (C=O) groups excluding carboxylic acids is 2. The summed E-state index contributed by atoms with van der Waals surface area (Å²) in [5, 5.41) is 0.584. The van der Waals surface area contributed by atoms with Crippen LogP contribution < -0.4 is 9.47 Å². The van der Waals surface area contributed by atoms with E-state index in [1.54, 1.807) is 43.4 Å². The van der Waals surface area contributed by atoms with Gasteiger partial charge in [0.15, 0.2) is 0 Å². The van der Waals surface area contributed by atoms with Crippen LogP contribution in [0.3, 0.4) is 0 Å².